The minimum absolute atomic E-state index is 0.306. The molecule has 0 aliphatic heterocycles. The number of hydrogen-bond donors (Lipinski definition) is 8. The number of aromatic hydroxyl groups is 2. The summed E-state index contributed by atoms with van der Waals surface area (Å²) in [6.45, 7) is 1.81. The number of phenolic OH excluding ortho intramolecular Hbond substituents is 2. The number of rotatable bonds is 21. The molecule has 0 saturated carbocycles. The molecule has 0 heterocycles. The Labute approximate surface area is 272 Å². The highest BCUT2D eigenvalue weighted by Crippen LogP contribution is 2.25. The van der Waals surface area contributed by atoms with Crippen molar-refractivity contribution in [1.29, 1.82) is 0 Å². The van der Waals surface area contributed by atoms with Gasteiger partial charge in [-0.3, -0.25) is 14.4 Å². The van der Waals surface area contributed by atoms with Crippen molar-refractivity contribution in [3.05, 3.63) is 54.1 Å². The molecular formula is C33H44N2O12. The number of carboxylic acid groups (broad SMARTS) is 1. The highest BCUT2D eigenvalue weighted by Gasteiger charge is 2.31. The number of unbranched alkanes of at least 4 members (excludes halogenated alkanes) is 5. The van der Waals surface area contributed by atoms with Gasteiger partial charge in [0.05, 0.1) is 19.6 Å². The Morgan fingerprint density at radius 2 is 1.57 bits per heavy atom. The number of ether oxygens (including phenoxy) is 2. The maximum atomic E-state index is 12.9. The van der Waals surface area contributed by atoms with Crippen molar-refractivity contribution in [2.75, 3.05) is 18.5 Å². The van der Waals surface area contributed by atoms with Gasteiger partial charge in [-0.1, -0.05) is 45.1 Å². The Balaban J connectivity index is 1.95. The van der Waals surface area contributed by atoms with Crippen LogP contribution in [0.2, 0.25) is 0 Å². The maximum Gasteiger partial charge on any atom is 0.331 e. The Morgan fingerprint density at radius 3 is 2.21 bits per heavy atom. The van der Waals surface area contributed by atoms with Gasteiger partial charge in [0.15, 0.2) is 11.5 Å². The lowest BCUT2D eigenvalue weighted by Gasteiger charge is -2.24. The number of carboxylic acids is 1. The van der Waals surface area contributed by atoms with Gasteiger partial charge in [0.1, 0.15) is 30.1 Å². The highest BCUT2D eigenvalue weighted by molar-refractivity contribution is 5.99. The molecule has 0 aliphatic rings. The fraction of sp³-hybridized carbons (Fsp3) is 0.455. The average Bonchev–Trinajstić information content (AvgIpc) is 3.04. The van der Waals surface area contributed by atoms with Gasteiger partial charge < -0.3 is 50.7 Å². The molecule has 4 unspecified atom stereocenters. The summed E-state index contributed by atoms with van der Waals surface area (Å²) >= 11 is 0. The number of carbonyl (C=O) groups is 4. The van der Waals surface area contributed by atoms with Crippen LogP contribution in [-0.4, -0.2) is 92.0 Å². The SMILES string of the molecule is CCCCCCCCOc1ccc(NC(=O)C(CC(=O)O)NC(=O)C(O)CC(OC(=O)/C=C/c2ccc(O)c(O)c2)C(O)CO)cc1. The zero-order valence-electron chi connectivity index (χ0n) is 26.2. The number of phenols is 2. The quantitative estimate of drug-likeness (QED) is 0.0418. The molecule has 4 atom stereocenters. The van der Waals surface area contributed by atoms with Crippen molar-refractivity contribution in [2.45, 2.75) is 82.6 Å². The van der Waals surface area contributed by atoms with Crippen LogP contribution in [0.25, 0.3) is 6.08 Å². The van der Waals surface area contributed by atoms with Crippen LogP contribution in [0, 0.1) is 0 Å². The second kappa shape index (κ2) is 20.5. The van der Waals surface area contributed by atoms with Crippen molar-refractivity contribution < 1.29 is 59.3 Å². The fourth-order valence-electron chi connectivity index (χ4n) is 4.31. The number of aliphatic carboxylic acids is 1. The van der Waals surface area contributed by atoms with Gasteiger partial charge in [0.25, 0.3) is 0 Å². The lowest BCUT2D eigenvalue weighted by atomic mass is 10.1. The lowest BCUT2D eigenvalue weighted by Crippen LogP contribution is -2.50. The summed E-state index contributed by atoms with van der Waals surface area (Å²) in [5.74, 6) is -4.72. The van der Waals surface area contributed by atoms with Gasteiger partial charge in [-0.15, -0.1) is 0 Å². The first-order valence-electron chi connectivity index (χ1n) is 15.4. The smallest absolute Gasteiger partial charge is 0.331 e. The number of esters is 1. The predicted octanol–water partition coefficient (Wildman–Crippen LogP) is 2.46. The highest BCUT2D eigenvalue weighted by atomic mass is 16.6. The van der Waals surface area contributed by atoms with Gasteiger partial charge in [0.2, 0.25) is 11.8 Å². The number of carbonyl (C=O) groups excluding carboxylic acids is 3. The minimum Gasteiger partial charge on any atom is -0.504 e. The summed E-state index contributed by atoms with van der Waals surface area (Å²) in [5.41, 5.74) is 0.618. The first-order valence-corrected chi connectivity index (χ1v) is 15.4. The van der Waals surface area contributed by atoms with E-state index in [1.54, 1.807) is 24.3 Å². The Kier molecular flexibility index (Phi) is 16.8. The third-order valence-electron chi connectivity index (χ3n) is 6.95. The van der Waals surface area contributed by atoms with E-state index in [0.29, 0.717) is 23.6 Å². The third-order valence-corrected chi connectivity index (χ3v) is 6.95. The molecule has 2 aromatic rings. The van der Waals surface area contributed by atoms with Crippen LogP contribution in [-0.2, 0) is 23.9 Å². The van der Waals surface area contributed by atoms with Crippen LogP contribution < -0.4 is 15.4 Å². The van der Waals surface area contributed by atoms with E-state index in [1.165, 1.54) is 43.5 Å². The summed E-state index contributed by atoms with van der Waals surface area (Å²) in [6.07, 6.45) is 2.06. The standard InChI is InChI=1S/C33H44N2O12/c1-2-3-4-5-6-7-16-46-23-12-10-22(11-13-23)34-32(44)24(18-30(41)42)35-33(45)27(39)19-29(28(40)20-36)47-31(43)15-9-21-8-14-25(37)26(38)17-21/h8-15,17,24,27-29,36-40H,2-7,16,18-20H2,1H3,(H,34,44)(H,35,45)(H,41,42)/b15-9+. The Morgan fingerprint density at radius 1 is 0.894 bits per heavy atom. The molecular weight excluding hydrogens is 616 g/mol. The van der Waals surface area contributed by atoms with E-state index in [9.17, 15) is 49.8 Å². The molecule has 0 spiro atoms. The van der Waals surface area contributed by atoms with Crippen LogP contribution >= 0.6 is 0 Å². The van der Waals surface area contributed by atoms with Gasteiger partial charge in [-0.25, -0.2) is 4.79 Å². The van der Waals surface area contributed by atoms with Crippen molar-refractivity contribution >= 4 is 35.5 Å². The first kappa shape index (κ1) is 38.5. The second-order valence-corrected chi connectivity index (χ2v) is 10.8. The maximum absolute atomic E-state index is 12.9. The fourth-order valence-corrected chi connectivity index (χ4v) is 4.31. The van der Waals surface area contributed by atoms with E-state index in [0.717, 1.165) is 25.3 Å². The molecule has 0 saturated heterocycles. The molecule has 14 heteroatoms. The second-order valence-electron chi connectivity index (χ2n) is 10.8. The molecule has 258 valence electrons. The van der Waals surface area contributed by atoms with E-state index >= 15 is 0 Å². The zero-order valence-corrected chi connectivity index (χ0v) is 26.2. The van der Waals surface area contributed by atoms with Crippen molar-refractivity contribution in [3.63, 3.8) is 0 Å². The van der Waals surface area contributed by atoms with Crippen LogP contribution in [0.15, 0.2) is 48.5 Å². The van der Waals surface area contributed by atoms with E-state index < -0.39 is 73.3 Å². The summed E-state index contributed by atoms with van der Waals surface area (Å²) in [5, 5.41) is 62.9. The van der Waals surface area contributed by atoms with Gasteiger partial charge in [-0.2, -0.15) is 0 Å². The number of benzene rings is 2. The normalized spacial score (nSPS) is 13.7. The lowest BCUT2D eigenvalue weighted by molar-refractivity contribution is -0.155. The van der Waals surface area contributed by atoms with E-state index in [2.05, 4.69) is 17.6 Å². The third kappa shape index (κ3) is 14.5. The van der Waals surface area contributed by atoms with Crippen LogP contribution in [0.5, 0.6) is 17.2 Å². The van der Waals surface area contributed by atoms with Gasteiger partial charge in [-0.05, 0) is 54.5 Å². The van der Waals surface area contributed by atoms with E-state index in [1.807, 2.05) is 0 Å². The summed E-state index contributed by atoms with van der Waals surface area (Å²) in [7, 11) is 0. The number of hydrogen-bond acceptors (Lipinski definition) is 11. The number of anilines is 1. The van der Waals surface area contributed by atoms with Crippen LogP contribution in [0.1, 0.15) is 63.9 Å². The summed E-state index contributed by atoms with van der Waals surface area (Å²) in [6, 6.07) is 8.52. The van der Waals surface area contributed by atoms with E-state index in [-0.39, 0.29) is 5.75 Å². The van der Waals surface area contributed by atoms with Gasteiger partial charge >= 0.3 is 11.9 Å². The Bertz CT molecular complexity index is 1330. The van der Waals surface area contributed by atoms with E-state index in [4.69, 9.17) is 9.47 Å². The molecule has 8 N–H and O–H groups in total. The summed E-state index contributed by atoms with van der Waals surface area (Å²) < 4.78 is 10.8. The molecule has 0 fully saturated rings. The average molecular weight is 661 g/mol. The molecule has 0 bridgehead atoms. The van der Waals surface area contributed by atoms with Gasteiger partial charge in [0, 0.05) is 18.2 Å². The minimum atomic E-state index is -1.99. The zero-order chi connectivity index (χ0) is 34.8. The topological polar surface area (TPSA) is 232 Å². The number of aliphatic hydroxyl groups excluding tert-OH is 3. The molecule has 2 amide bonds. The monoisotopic (exact) mass is 660 g/mol. The molecule has 14 nitrogen and oxygen atoms in total. The molecule has 0 aliphatic carbocycles. The molecule has 2 aromatic carbocycles. The van der Waals surface area contributed by atoms with Crippen molar-refractivity contribution in [3.8, 4) is 17.2 Å². The first-order chi connectivity index (χ1) is 22.4. The van der Waals surface area contributed by atoms with Crippen LogP contribution in [0.4, 0.5) is 5.69 Å². The van der Waals surface area contributed by atoms with Crippen LogP contribution in [0.3, 0.4) is 0 Å². The largest absolute Gasteiger partial charge is 0.504 e. The molecule has 0 radical (unpaired) electrons. The summed E-state index contributed by atoms with van der Waals surface area (Å²) in [4.78, 5) is 49.4. The van der Waals surface area contributed by atoms with Crippen molar-refractivity contribution in [1.82, 2.24) is 5.32 Å². The molecule has 2 rings (SSSR count). The molecule has 0 aromatic heterocycles. The number of nitrogens with one attached hydrogen (secondary N) is 2. The molecule has 47 heavy (non-hydrogen) atoms. The number of aliphatic hydroxyl groups is 3. The Hall–Kier alpha value is -4.66. The van der Waals surface area contributed by atoms with Crippen molar-refractivity contribution in [2.24, 2.45) is 0 Å². The number of amides is 2. The predicted molar refractivity (Wildman–Crippen MR) is 171 cm³/mol.